The van der Waals surface area contributed by atoms with Crippen LogP contribution in [0.4, 0.5) is 0 Å². The molecule has 4 nitrogen and oxygen atoms in total. The minimum absolute atomic E-state index is 0.277. The van der Waals surface area contributed by atoms with E-state index in [-0.39, 0.29) is 6.61 Å². The Morgan fingerprint density at radius 1 is 1.07 bits per heavy atom. The van der Waals surface area contributed by atoms with Crippen LogP contribution in [0.3, 0.4) is 0 Å². The minimum atomic E-state index is 0.277. The highest BCUT2D eigenvalue weighted by Gasteiger charge is 2.13. The van der Waals surface area contributed by atoms with Crippen LogP contribution in [0.5, 0.6) is 0 Å². The van der Waals surface area contributed by atoms with Gasteiger partial charge in [0.05, 0.1) is 13.2 Å². The summed E-state index contributed by atoms with van der Waals surface area (Å²) in [5.74, 6) is 0. The second-order valence-electron chi connectivity index (χ2n) is 3.96. The molecule has 0 atom stereocenters. The number of aliphatic hydroxyl groups excluding tert-OH is 1. The van der Waals surface area contributed by atoms with Gasteiger partial charge < -0.3 is 9.84 Å². The Morgan fingerprint density at radius 2 is 1.73 bits per heavy atom. The summed E-state index contributed by atoms with van der Waals surface area (Å²) in [6, 6.07) is 0. The average molecular weight is 216 g/mol. The standard InChI is InChI=1S/C11H24N2O2/c1-2-15-11-9-13-5-3-4-12(6-7-13)8-10-14/h14H,2-11H2,1H3. The summed E-state index contributed by atoms with van der Waals surface area (Å²) in [4.78, 5) is 4.79. The summed E-state index contributed by atoms with van der Waals surface area (Å²) < 4.78 is 5.36. The lowest BCUT2D eigenvalue weighted by Gasteiger charge is -2.20. The zero-order valence-corrected chi connectivity index (χ0v) is 9.82. The Balaban J connectivity index is 2.14. The van der Waals surface area contributed by atoms with E-state index in [4.69, 9.17) is 9.84 Å². The Bertz CT molecular complexity index is 156. The van der Waals surface area contributed by atoms with Crippen molar-refractivity contribution in [3.05, 3.63) is 0 Å². The first-order chi connectivity index (χ1) is 7.36. The van der Waals surface area contributed by atoms with Crippen molar-refractivity contribution >= 4 is 0 Å². The molecule has 1 aliphatic rings. The number of ether oxygens (including phenoxy) is 1. The quantitative estimate of drug-likeness (QED) is 0.635. The SMILES string of the molecule is CCOCCN1CCCN(CCO)CC1. The maximum atomic E-state index is 8.87. The zero-order valence-electron chi connectivity index (χ0n) is 9.82. The second kappa shape index (κ2) is 8.05. The number of hydrogen-bond donors (Lipinski definition) is 1. The molecule has 15 heavy (non-hydrogen) atoms. The lowest BCUT2D eigenvalue weighted by Crippen LogP contribution is -2.33. The third-order valence-corrected chi connectivity index (χ3v) is 2.85. The fraction of sp³-hybridized carbons (Fsp3) is 1.00. The van der Waals surface area contributed by atoms with Crippen LogP contribution >= 0.6 is 0 Å². The number of β-amino-alcohol motifs (C(OH)–C–C–N with tert-alkyl or cyclic N) is 1. The van der Waals surface area contributed by atoms with E-state index in [1.807, 2.05) is 6.92 Å². The third-order valence-electron chi connectivity index (χ3n) is 2.85. The predicted octanol–water partition coefficient (Wildman–Crippen LogP) is 0.0229. The predicted molar refractivity (Wildman–Crippen MR) is 61.1 cm³/mol. The van der Waals surface area contributed by atoms with Gasteiger partial charge in [-0.05, 0) is 26.4 Å². The van der Waals surface area contributed by atoms with E-state index in [9.17, 15) is 0 Å². The molecule has 0 aliphatic carbocycles. The molecule has 1 aliphatic heterocycles. The van der Waals surface area contributed by atoms with Gasteiger partial charge in [-0.15, -0.1) is 0 Å². The van der Waals surface area contributed by atoms with E-state index in [0.717, 1.165) is 52.5 Å². The molecule has 90 valence electrons. The summed E-state index contributed by atoms with van der Waals surface area (Å²) in [5, 5.41) is 8.87. The van der Waals surface area contributed by atoms with Crippen molar-refractivity contribution in [1.82, 2.24) is 9.80 Å². The van der Waals surface area contributed by atoms with Crippen LogP contribution in [0.15, 0.2) is 0 Å². The largest absolute Gasteiger partial charge is 0.395 e. The molecule has 0 amide bonds. The summed E-state index contributed by atoms with van der Waals surface area (Å²) in [7, 11) is 0. The highest BCUT2D eigenvalue weighted by Crippen LogP contribution is 2.02. The Morgan fingerprint density at radius 3 is 2.33 bits per heavy atom. The van der Waals surface area contributed by atoms with E-state index in [1.54, 1.807) is 0 Å². The average Bonchev–Trinajstić information content (AvgIpc) is 2.45. The topological polar surface area (TPSA) is 35.9 Å². The van der Waals surface area contributed by atoms with Gasteiger partial charge in [-0.2, -0.15) is 0 Å². The highest BCUT2D eigenvalue weighted by atomic mass is 16.5. The van der Waals surface area contributed by atoms with Crippen molar-refractivity contribution < 1.29 is 9.84 Å². The van der Waals surface area contributed by atoms with Crippen molar-refractivity contribution in [3.8, 4) is 0 Å². The van der Waals surface area contributed by atoms with Crippen LogP contribution in [0.25, 0.3) is 0 Å². The van der Waals surface area contributed by atoms with Gasteiger partial charge >= 0.3 is 0 Å². The lowest BCUT2D eigenvalue weighted by molar-refractivity contribution is 0.114. The maximum absolute atomic E-state index is 8.87. The van der Waals surface area contributed by atoms with Crippen LogP contribution in [-0.2, 0) is 4.74 Å². The number of nitrogens with zero attached hydrogens (tertiary/aromatic N) is 2. The van der Waals surface area contributed by atoms with Gasteiger partial charge in [-0.3, -0.25) is 9.80 Å². The highest BCUT2D eigenvalue weighted by molar-refractivity contribution is 4.69. The molecule has 1 rings (SSSR count). The van der Waals surface area contributed by atoms with Crippen LogP contribution < -0.4 is 0 Å². The van der Waals surface area contributed by atoms with Gasteiger partial charge in [-0.1, -0.05) is 0 Å². The zero-order chi connectivity index (χ0) is 10.9. The molecule has 0 bridgehead atoms. The molecular weight excluding hydrogens is 192 g/mol. The lowest BCUT2D eigenvalue weighted by atomic mass is 10.4. The first-order valence-electron chi connectivity index (χ1n) is 6.00. The Kier molecular flexibility index (Phi) is 6.92. The molecule has 1 N–H and O–H groups in total. The van der Waals surface area contributed by atoms with Gasteiger partial charge in [0.25, 0.3) is 0 Å². The smallest absolute Gasteiger partial charge is 0.0593 e. The van der Waals surface area contributed by atoms with Crippen molar-refractivity contribution in [2.24, 2.45) is 0 Å². The third kappa shape index (κ3) is 5.47. The molecule has 0 radical (unpaired) electrons. The number of rotatable bonds is 6. The molecule has 0 aromatic carbocycles. The van der Waals surface area contributed by atoms with Gasteiger partial charge in [-0.25, -0.2) is 0 Å². The van der Waals surface area contributed by atoms with Crippen molar-refractivity contribution in [2.75, 3.05) is 59.1 Å². The Labute approximate surface area is 92.8 Å². The monoisotopic (exact) mass is 216 g/mol. The maximum Gasteiger partial charge on any atom is 0.0593 e. The van der Waals surface area contributed by atoms with Crippen molar-refractivity contribution in [1.29, 1.82) is 0 Å². The van der Waals surface area contributed by atoms with Gasteiger partial charge in [0.15, 0.2) is 0 Å². The van der Waals surface area contributed by atoms with Gasteiger partial charge in [0.1, 0.15) is 0 Å². The fourth-order valence-electron chi connectivity index (χ4n) is 1.95. The molecule has 1 fully saturated rings. The van der Waals surface area contributed by atoms with Gasteiger partial charge in [0, 0.05) is 32.8 Å². The molecule has 0 spiro atoms. The van der Waals surface area contributed by atoms with E-state index in [1.165, 1.54) is 6.42 Å². The van der Waals surface area contributed by atoms with E-state index >= 15 is 0 Å². The normalized spacial score (nSPS) is 20.4. The molecule has 0 saturated carbocycles. The summed E-state index contributed by atoms with van der Waals surface area (Å²) in [6.45, 7) is 10.3. The summed E-state index contributed by atoms with van der Waals surface area (Å²) >= 11 is 0. The molecule has 1 saturated heterocycles. The van der Waals surface area contributed by atoms with Crippen molar-refractivity contribution in [3.63, 3.8) is 0 Å². The molecule has 0 unspecified atom stereocenters. The fourth-order valence-corrected chi connectivity index (χ4v) is 1.95. The summed E-state index contributed by atoms with van der Waals surface area (Å²) in [5.41, 5.74) is 0. The minimum Gasteiger partial charge on any atom is -0.395 e. The van der Waals surface area contributed by atoms with E-state index < -0.39 is 0 Å². The molecule has 1 heterocycles. The Hall–Kier alpha value is -0.160. The van der Waals surface area contributed by atoms with Crippen LogP contribution in [0.2, 0.25) is 0 Å². The second-order valence-corrected chi connectivity index (χ2v) is 3.96. The summed E-state index contributed by atoms with van der Waals surface area (Å²) in [6.07, 6.45) is 1.20. The molecule has 0 aromatic heterocycles. The van der Waals surface area contributed by atoms with Crippen molar-refractivity contribution in [2.45, 2.75) is 13.3 Å². The molecular formula is C11H24N2O2. The van der Waals surface area contributed by atoms with Crippen LogP contribution in [0, 0.1) is 0 Å². The first kappa shape index (κ1) is 12.9. The number of aliphatic hydroxyl groups is 1. The van der Waals surface area contributed by atoms with Gasteiger partial charge in [0.2, 0.25) is 0 Å². The molecule has 0 aromatic rings. The molecule has 4 heteroatoms. The van der Waals surface area contributed by atoms with Crippen LogP contribution in [-0.4, -0.2) is 74.0 Å². The van der Waals surface area contributed by atoms with E-state index in [0.29, 0.717) is 0 Å². The van der Waals surface area contributed by atoms with Crippen LogP contribution in [0.1, 0.15) is 13.3 Å². The first-order valence-corrected chi connectivity index (χ1v) is 6.00. The number of hydrogen-bond acceptors (Lipinski definition) is 4. The van der Waals surface area contributed by atoms with E-state index in [2.05, 4.69) is 9.80 Å².